The molecule has 1 N–H and O–H groups in total. The average molecular weight is 224 g/mol. The van der Waals surface area contributed by atoms with Gasteiger partial charge in [0.15, 0.2) is 0 Å². The molecular weight excluding hydrogens is 204 g/mol. The fourth-order valence-electron chi connectivity index (χ4n) is 0.988. The van der Waals surface area contributed by atoms with Crippen LogP contribution in [0.2, 0.25) is 0 Å². The molecule has 0 rings (SSSR count). The van der Waals surface area contributed by atoms with Gasteiger partial charge in [0.05, 0.1) is 12.4 Å². The van der Waals surface area contributed by atoms with E-state index in [-0.39, 0.29) is 19.0 Å². The van der Waals surface area contributed by atoms with Gasteiger partial charge in [0, 0.05) is 6.61 Å². The van der Waals surface area contributed by atoms with Crippen molar-refractivity contribution in [2.24, 2.45) is 0 Å². The van der Waals surface area contributed by atoms with E-state index >= 15 is 0 Å². The Morgan fingerprint density at radius 2 is 1.86 bits per heavy atom. The lowest BCUT2D eigenvalue weighted by Gasteiger charge is -2.04. The van der Waals surface area contributed by atoms with Crippen LogP contribution in [0.5, 0.6) is 0 Å². The van der Waals surface area contributed by atoms with Gasteiger partial charge in [-0.3, -0.25) is 4.18 Å². The second-order valence-electron chi connectivity index (χ2n) is 3.22. The Kier molecular flexibility index (Phi) is 8.12. The minimum absolute atomic E-state index is 0.0826. The Labute approximate surface area is 86.4 Å². The third-order valence-corrected chi connectivity index (χ3v) is 3.13. The Hall–Kier alpha value is -0.130. The zero-order valence-corrected chi connectivity index (χ0v) is 9.55. The van der Waals surface area contributed by atoms with Gasteiger partial charge in [0.2, 0.25) is 0 Å². The summed E-state index contributed by atoms with van der Waals surface area (Å²) in [6.45, 7) is 2.29. The molecule has 0 aliphatic carbocycles. The molecule has 0 aromatic carbocycles. The van der Waals surface area contributed by atoms with E-state index in [9.17, 15) is 8.42 Å². The van der Waals surface area contributed by atoms with Crippen LogP contribution < -0.4 is 0 Å². The number of aliphatic hydroxyl groups excluding tert-OH is 1. The number of rotatable bonds is 9. The van der Waals surface area contributed by atoms with E-state index in [1.807, 2.05) is 6.92 Å². The first-order valence-electron chi connectivity index (χ1n) is 5.10. The SMILES string of the molecule is CCCCCS(=O)(=O)OCCCCO. The Bertz CT molecular complexity index is 211. The number of aliphatic hydroxyl groups is 1. The molecule has 0 fully saturated rings. The molecule has 5 heteroatoms. The molecule has 0 aliphatic heterocycles. The zero-order chi connectivity index (χ0) is 10.9. The molecule has 0 unspecified atom stereocenters. The third kappa shape index (κ3) is 8.47. The van der Waals surface area contributed by atoms with Gasteiger partial charge >= 0.3 is 0 Å². The van der Waals surface area contributed by atoms with E-state index in [0.717, 1.165) is 12.8 Å². The van der Waals surface area contributed by atoms with Crippen LogP contribution in [0.3, 0.4) is 0 Å². The summed E-state index contributed by atoms with van der Waals surface area (Å²) in [6, 6.07) is 0. The Morgan fingerprint density at radius 3 is 2.43 bits per heavy atom. The van der Waals surface area contributed by atoms with Crippen LogP contribution in [0.25, 0.3) is 0 Å². The normalized spacial score (nSPS) is 11.9. The van der Waals surface area contributed by atoms with Crippen LogP contribution in [0.15, 0.2) is 0 Å². The largest absolute Gasteiger partial charge is 0.396 e. The summed E-state index contributed by atoms with van der Waals surface area (Å²) in [6.07, 6.45) is 3.76. The first-order valence-corrected chi connectivity index (χ1v) is 6.68. The molecule has 0 radical (unpaired) electrons. The summed E-state index contributed by atoms with van der Waals surface area (Å²) in [5.41, 5.74) is 0. The molecule has 0 amide bonds. The second-order valence-corrected chi connectivity index (χ2v) is 4.98. The highest BCUT2D eigenvalue weighted by Gasteiger charge is 2.09. The van der Waals surface area contributed by atoms with Gasteiger partial charge in [-0.2, -0.15) is 8.42 Å². The topological polar surface area (TPSA) is 63.6 Å². The Morgan fingerprint density at radius 1 is 1.14 bits per heavy atom. The molecule has 4 nitrogen and oxygen atoms in total. The van der Waals surface area contributed by atoms with E-state index in [2.05, 4.69) is 0 Å². The predicted molar refractivity (Wildman–Crippen MR) is 55.6 cm³/mol. The van der Waals surface area contributed by atoms with Crippen molar-refractivity contribution < 1.29 is 17.7 Å². The molecule has 0 heterocycles. The summed E-state index contributed by atoms with van der Waals surface area (Å²) in [4.78, 5) is 0. The van der Waals surface area contributed by atoms with Gasteiger partial charge in [0.25, 0.3) is 10.1 Å². The van der Waals surface area contributed by atoms with Gasteiger partial charge in [-0.25, -0.2) is 0 Å². The van der Waals surface area contributed by atoms with Crippen LogP contribution in [0.1, 0.15) is 39.0 Å². The van der Waals surface area contributed by atoms with E-state index in [0.29, 0.717) is 19.3 Å². The van der Waals surface area contributed by atoms with Gasteiger partial charge in [0.1, 0.15) is 0 Å². The average Bonchev–Trinajstić information content (AvgIpc) is 2.13. The summed E-state index contributed by atoms with van der Waals surface area (Å²) in [5.74, 6) is 0.111. The minimum atomic E-state index is -3.32. The molecule has 0 aliphatic rings. The second kappa shape index (κ2) is 8.20. The van der Waals surface area contributed by atoms with Gasteiger partial charge in [-0.15, -0.1) is 0 Å². The molecule has 0 aromatic rings. The number of hydrogen-bond acceptors (Lipinski definition) is 4. The summed E-state index contributed by atoms with van der Waals surface area (Å²) in [7, 11) is -3.32. The molecule has 14 heavy (non-hydrogen) atoms. The quantitative estimate of drug-likeness (QED) is 0.473. The lowest BCUT2D eigenvalue weighted by Crippen LogP contribution is -2.11. The predicted octanol–water partition coefficient (Wildman–Crippen LogP) is 1.30. The Balaban J connectivity index is 3.52. The molecule has 0 bridgehead atoms. The zero-order valence-electron chi connectivity index (χ0n) is 8.74. The fourth-order valence-corrected chi connectivity index (χ4v) is 2.03. The molecule has 0 atom stereocenters. The van der Waals surface area contributed by atoms with E-state index in [1.165, 1.54) is 0 Å². The van der Waals surface area contributed by atoms with Crippen LogP contribution in [0.4, 0.5) is 0 Å². The van der Waals surface area contributed by atoms with Crippen molar-refractivity contribution in [1.82, 2.24) is 0 Å². The van der Waals surface area contributed by atoms with Crippen LogP contribution in [-0.4, -0.2) is 32.5 Å². The van der Waals surface area contributed by atoms with Crippen molar-refractivity contribution in [3.8, 4) is 0 Å². The summed E-state index contributed by atoms with van der Waals surface area (Å²) in [5, 5.41) is 8.46. The first kappa shape index (κ1) is 13.9. The highest BCUT2D eigenvalue weighted by Crippen LogP contribution is 2.02. The lowest BCUT2D eigenvalue weighted by atomic mass is 10.3. The highest BCUT2D eigenvalue weighted by molar-refractivity contribution is 7.86. The van der Waals surface area contributed by atoms with E-state index in [4.69, 9.17) is 9.29 Å². The monoisotopic (exact) mass is 224 g/mol. The summed E-state index contributed by atoms with van der Waals surface area (Å²) < 4.78 is 27.1. The van der Waals surface area contributed by atoms with Gasteiger partial charge in [-0.1, -0.05) is 19.8 Å². The molecule has 0 aromatic heterocycles. The van der Waals surface area contributed by atoms with E-state index in [1.54, 1.807) is 0 Å². The van der Waals surface area contributed by atoms with Crippen molar-refractivity contribution >= 4 is 10.1 Å². The minimum Gasteiger partial charge on any atom is -0.396 e. The maximum absolute atomic E-state index is 11.2. The smallest absolute Gasteiger partial charge is 0.267 e. The van der Waals surface area contributed by atoms with Crippen molar-refractivity contribution in [3.05, 3.63) is 0 Å². The maximum Gasteiger partial charge on any atom is 0.267 e. The standard InChI is InChI=1S/C9H20O4S/c1-2-3-6-9-14(11,12)13-8-5-4-7-10/h10H,2-9H2,1H3. The number of unbranched alkanes of at least 4 members (excludes halogenated alkanes) is 3. The lowest BCUT2D eigenvalue weighted by molar-refractivity contribution is 0.255. The van der Waals surface area contributed by atoms with Crippen molar-refractivity contribution in [2.45, 2.75) is 39.0 Å². The highest BCUT2D eigenvalue weighted by atomic mass is 32.2. The fraction of sp³-hybridized carbons (Fsp3) is 1.00. The van der Waals surface area contributed by atoms with Crippen molar-refractivity contribution in [1.29, 1.82) is 0 Å². The van der Waals surface area contributed by atoms with Crippen molar-refractivity contribution in [3.63, 3.8) is 0 Å². The third-order valence-electron chi connectivity index (χ3n) is 1.81. The molecule has 0 saturated heterocycles. The van der Waals surface area contributed by atoms with Crippen LogP contribution in [0, 0.1) is 0 Å². The van der Waals surface area contributed by atoms with Gasteiger partial charge in [-0.05, 0) is 19.3 Å². The molecular formula is C9H20O4S. The van der Waals surface area contributed by atoms with Gasteiger partial charge < -0.3 is 5.11 Å². The van der Waals surface area contributed by atoms with Crippen LogP contribution >= 0.6 is 0 Å². The number of hydrogen-bond donors (Lipinski definition) is 1. The first-order chi connectivity index (χ1) is 6.62. The molecule has 0 spiro atoms. The van der Waals surface area contributed by atoms with E-state index < -0.39 is 10.1 Å². The summed E-state index contributed by atoms with van der Waals surface area (Å²) >= 11 is 0. The maximum atomic E-state index is 11.2. The molecule has 86 valence electrons. The van der Waals surface area contributed by atoms with Crippen molar-refractivity contribution in [2.75, 3.05) is 19.0 Å². The van der Waals surface area contributed by atoms with Crippen LogP contribution in [-0.2, 0) is 14.3 Å². The molecule has 0 saturated carbocycles.